The van der Waals surface area contributed by atoms with Crippen molar-refractivity contribution in [1.29, 1.82) is 0 Å². The number of halogens is 1. The van der Waals surface area contributed by atoms with Gasteiger partial charge in [0.15, 0.2) is 0 Å². The summed E-state index contributed by atoms with van der Waals surface area (Å²) < 4.78 is 1.57. The van der Waals surface area contributed by atoms with Crippen LogP contribution in [0, 0.1) is 6.92 Å². The van der Waals surface area contributed by atoms with E-state index in [9.17, 15) is 0 Å². The molecular weight excluding hydrogens is 246 g/mol. The molecule has 0 aliphatic rings. The Morgan fingerprint density at radius 3 is 2.94 bits per heavy atom. The second kappa shape index (κ2) is 4.45. The van der Waals surface area contributed by atoms with Crippen LogP contribution in [0.3, 0.4) is 0 Å². The van der Waals surface area contributed by atoms with Crippen LogP contribution < -0.4 is 5.73 Å². The standard InChI is InChI=1S/C10H12ClN3OS/c1-6-5-16-10(9(6)11)7-4-8(12)14(13-7)2-3-15/h4-5,15H,2-3,12H2,1H3. The summed E-state index contributed by atoms with van der Waals surface area (Å²) in [6, 6.07) is 1.77. The van der Waals surface area contributed by atoms with Gasteiger partial charge in [-0.05, 0) is 17.9 Å². The van der Waals surface area contributed by atoms with Gasteiger partial charge in [0.1, 0.15) is 11.5 Å². The van der Waals surface area contributed by atoms with E-state index in [1.165, 1.54) is 0 Å². The Kier molecular flexibility index (Phi) is 3.18. The van der Waals surface area contributed by atoms with Crippen molar-refractivity contribution in [3.63, 3.8) is 0 Å². The summed E-state index contributed by atoms with van der Waals surface area (Å²) in [5.41, 5.74) is 7.57. The molecule has 2 aromatic heterocycles. The summed E-state index contributed by atoms with van der Waals surface area (Å²) >= 11 is 7.70. The summed E-state index contributed by atoms with van der Waals surface area (Å²) in [6.07, 6.45) is 0. The van der Waals surface area contributed by atoms with Gasteiger partial charge in [-0.15, -0.1) is 11.3 Å². The number of aliphatic hydroxyl groups is 1. The molecule has 0 bridgehead atoms. The predicted octanol–water partition coefficient (Wildman–Crippen LogP) is 2.15. The Balaban J connectivity index is 2.41. The zero-order chi connectivity index (χ0) is 11.7. The van der Waals surface area contributed by atoms with E-state index in [1.54, 1.807) is 22.1 Å². The number of aryl methyl sites for hydroxylation is 1. The van der Waals surface area contributed by atoms with E-state index in [1.807, 2.05) is 12.3 Å². The Labute approximate surface area is 102 Å². The highest BCUT2D eigenvalue weighted by Gasteiger charge is 2.13. The quantitative estimate of drug-likeness (QED) is 0.886. The van der Waals surface area contributed by atoms with Crippen molar-refractivity contribution in [3.8, 4) is 10.6 Å². The third-order valence-electron chi connectivity index (χ3n) is 2.25. The molecule has 0 atom stereocenters. The summed E-state index contributed by atoms with van der Waals surface area (Å²) in [4.78, 5) is 0.919. The van der Waals surface area contributed by atoms with Crippen molar-refractivity contribution in [2.75, 3.05) is 12.3 Å². The van der Waals surface area contributed by atoms with Gasteiger partial charge in [-0.3, -0.25) is 0 Å². The number of aromatic nitrogens is 2. The molecule has 86 valence electrons. The average Bonchev–Trinajstić information content (AvgIpc) is 2.75. The minimum Gasteiger partial charge on any atom is -0.394 e. The van der Waals surface area contributed by atoms with Crippen molar-refractivity contribution in [2.24, 2.45) is 0 Å². The topological polar surface area (TPSA) is 64.1 Å². The van der Waals surface area contributed by atoms with Crippen LogP contribution >= 0.6 is 22.9 Å². The molecule has 0 radical (unpaired) electrons. The first-order chi connectivity index (χ1) is 7.63. The van der Waals surface area contributed by atoms with Gasteiger partial charge in [0.2, 0.25) is 0 Å². The van der Waals surface area contributed by atoms with Gasteiger partial charge in [-0.1, -0.05) is 11.6 Å². The molecule has 0 amide bonds. The fourth-order valence-electron chi connectivity index (χ4n) is 1.42. The summed E-state index contributed by atoms with van der Waals surface area (Å²) in [7, 11) is 0. The fraction of sp³-hybridized carbons (Fsp3) is 0.300. The van der Waals surface area contributed by atoms with E-state index < -0.39 is 0 Å². The van der Waals surface area contributed by atoms with Crippen LogP contribution in [0.5, 0.6) is 0 Å². The van der Waals surface area contributed by atoms with E-state index in [-0.39, 0.29) is 6.61 Å². The van der Waals surface area contributed by atoms with Gasteiger partial charge >= 0.3 is 0 Å². The minimum atomic E-state index is 0.0164. The highest BCUT2D eigenvalue weighted by molar-refractivity contribution is 7.14. The number of nitrogen functional groups attached to an aromatic ring is 1. The second-order valence-corrected chi connectivity index (χ2v) is 4.72. The van der Waals surface area contributed by atoms with Crippen LogP contribution in [0.25, 0.3) is 10.6 Å². The minimum absolute atomic E-state index is 0.0164. The molecule has 3 N–H and O–H groups in total. The number of anilines is 1. The third kappa shape index (κ3) is 1.93. The monoisotopic (exact) mass is 257 g/mol. The van der Waals surface area contributed by atoms with Gasteiger partial charge in [0.25, 0.3) is 0 Å². The molecule has 2 rings (SSSR count). The maximum absolute atomic E-state index is 8.84. The molecule has 0 spiro atoms. The molecule has 0 saturated carbocycles. The molecule has 0 aliphatic heterocycles. The molecule has 0 unspecified atom stereocenters. The molecule has 0 fully saturated rings. The summed E-state index contributed by atoms with van der Waals surface area (Å²) in [5.74, 6) is 0.533. The van der Waals surface area contributed by atoms with E-state index >= 15 is 0 Å². The third-order valence-corrected chi connectivity index (χ3v) is 3.97. The van der Waals surface area contributed by atoms with Crippen LogP contribution in [-0.4, -0.2) is 21.5 Å². The summed E-state index contributed by atoms with van der Waals surface area (Å²) in [5, 5.41) is 15.9. The molecule has 16 heavy (non-hydrogen) atoms. The molecule has 0 aliphatic carbocycles. The van der Waals surface area contributed by atoms with Crippen LogP contribution in [0.4, 0.5) is 5.82 Å². The Hall–Kier alpha value is -1.04. The first-order valence-corrected chi connectivity index (χ1v) is 6.07. The molecule has 4 nitrogen and oxygen atoms in total. The van der Waals surface area contributed by atoms with Crippen molar-refractivity contribution in [2.45, 2.75) is 13.5 Å². The largest absolute Gasteiger partial charge is 0.394 e. The Bertz CT molecular complexity index is 506. The lowest BCUT2D eigenvalue weighted by molar-refractivity contribution is 0.270. The zero-order valence-corrected chi connectivity index (χ0v) is 10.3. The number of hydrogen-bond acceptors (Lipinski definition) is 4. The van der Waals surface area contributed by atoms with Crippen molar-refractivity contribution in [3.05, 3.63) is 22.0 Å². The van der Waals surface area contributed by atoms with E-state index in [0.717, 1.165) is 21.2 Å². The Morgan fingerprint density at radius 2 is 2.38 bits per heavy atom. The molecule has 0 aromatic carbocycles. The van der Waals surface area contributed by atoms with Gasteiger partial charge in [0, 0.05) is 6.07 Å². The van der Waals surface area contributed by atoms with Crippen molar-refractivity contribution < 1.29 is 5.11 Å². The smallest absolute Gasteiger partial charge is 0.122 e. The molecule has 0 saturated heterocycles. The lowest BCUT2D eigenvalue weighted by atomic mass is 10.3. The van der Waals surface area contributed by atoms with Crippen molar-refractivity contribution in [1.82, 2.24) is 9.78 Å². The molecule has 6 heteroatoms. The van der Waals surface area contributed by atoms with E-state index in [0.29, 0.717) is 12.4 Å². The van der Waals surface area contributed by atoms with Crippen molar-refractivity contribution >= 4 is 28.8 Å². The Morgan fingerprint density at radius 1 is 1.62 bits per heavy atom. The average molecular weight is 258 g/mol. The first-order valence-electron chi connectivity index (χ1n) is 4.81. The van der Waals surface area contributed by atoms with Gasteiger partial charge in [0.05, 0.1) is 23.1 Å². The molecular formula is C10H12ClN3OS. The van der Waals surface area contributed by atoms with Gasteiger partial charge in [-0.25, -0.2) is 4.68 Å². The van der Waals surface area contributed by atoms with E-state index in [4.69, 9.17) is 22.4 Å². The lowest BCUT2D eigenvalue weighted by Gasteiger charge is -1.98. The summed E-state index contributed by atoms with van der Waals surface area (Å²) in [6.45, 7) is 2.37. The first kappa shape index (κ1) is 11.4. The number of hydrogen-bond donors (Lipinski definition) is 2. The normalized spacial score (nSPS) is 10.9. The number of rotatable bonds is 3. The number of nitrogens with zero attached hydrogens (tertiary/aromatic N) is 2. The fourth-order valence-corrected chi connectivity index (χ4v) is 2.67. The van der Waals surface area contributed by atoms with Crippen LogP contribution in [0.15, 0.2) is 11.4 Å². The molecule has 2 heterocycles. The highest BCUT2D eigenvalue weighted by atomic mass is 35.5. The zero-order valence-electron chi connectivity index (χ0n) is 8.77. The van der Waals surface area contributed by atoms with Crippen LogP contribution in [0.2, 0.25) is 5.02 Å². The lowest BCUT2D eigenvalue weighted by Crippen LogP contribution is -2.07. The van der Waals surface area contributed by atoms with Gasteiger partial charge in [-0.2, -0.15) is 5.10 Å². The second-order valence-electron chi connectivity index (χ2n) is 3.46. The number of nitrogens with two attached hydrogens (primary N) is 1. The van der Waals surface area contributed by atoms with Crippen LogP contribution in [0.1, 0.15) is 5.56 Å². The maximum Gasteiger partial charge on any atom is 0.122 e. The SMILES string of the molecule is Cc1csc(-c2cc(N)n(CCO)n2)c1Cl. The number of thiophene rings is 1. The van der Waals surface area contributed by atoms with Gasteiger partial charge < -0.3 is 10.8 Å². The van der Waals surface area contributed by atoms with E-state index in [2.05, 4.69) is 5.10 Å². The van der Waals surface area contributed by atoms with Crippen LogP contribution in [-0.2, 0) is 6.54 Å². The predicted molar refractivity (Wildman–Crippen MR) is 66.8 cm³/mol. The number of aliphatic hydroxyl groups excluding tert-OH is 1. The molecule has 2 aromatic rings. The highest BCUT2D eigenvalue weighted by Crippen LogP contribution is 2.36. The maximum atomic E-state index is 8.84.